The van der Waals surface area contributed by atoms with Crippen molar-refractivity contribution in [2.24, 2.45) is 0 Å². The third-order valence-corrected chi connectivity index (χ3v) is 6.09. The zero-order valence-electron chi connectivity index (χ0n) is 16.7. The molecule has 1 aromatic carbocycles. The third kappa shape index (κ3) is 4.46. The first-order valence-electron chi connectivity index (χ1n) is 9.20. The molecule has 0 aliphatic heterocycles. The van der Waals surface area contributed by atoms with Gasteiger partial charge in [-0.2, -0.15) is 4.68 Å². The molecule has 0 spiro atoms. The molecule has 30 heavy (non-hydrogen) atoms. The quantitative estimate of drug-likeness (QED) is 0.409. The Morgan fingerprint density at radius 3 is 2.57 bits per heavy atom. The Labute approximate surface area is 181 Å². The molecule has 3 rings (SSSR count). The maximum atomic E-state index is 12.5. The first-order valence-corrected chi connectivity index (χ1v) is 11.0. The van der Waals surface area contributed by atoms with E-state index in [4.69, 9.17) is 15.2 Å². The highest BCUT2D eigenvalue weighted by Gasteiger charge is 2.28. The monoisotopic (exact) mass is 447 g/mol. The molecule has 2 heterocycles. The number of aromatic nitrogens is 4. The molecule has 0 aliphatic rings. The number of nitrogens with two attached hydrogens (primary N) is 1. The lowest BCUT2D eigenvalue weighted by molar-refractivity contribution is 0.0527. The number of nitrogen functional groups attached to an aromatic ring is 1. The van der Waals surface area contributed by atoms with E-state index in [9.17, 15) is 9.59 Å². The standard InChI is InChI=1S/C19H21N5O4S2/c1-4-27-17(25)14-12(15(30-16(14)20)18(26)28-5-2)10-29-19-21-22-23-24(19)13-9-7-6-8-11(13)3/h6-9H,4-5,10,20H2,1-3H3. The Morgan fingerprint density at radius 1 is 1.17 bits per heavy atom. The van der Waals surface area contributed by atoms with E-state index in [0.717, 1.165) is 22.6 Å². The lowest BCUT2D eigenvalue weighted by Crippen LogP contribution is -2.11. The van der Waals surface area contributed by atoms with Crippen molar-refractivity contribution in [2.75, 3.05) is 18.9 Å². The Morgan fingerprint density at radius 2 is 1.87 bits per heavy atom. The number of para-hydroxylation sites is 1. The van der Waals surface area contributed by atoms with Gasteiger partial charge in [-0.25, -0.2) is 9.59 Å². The summed E-state index contributed by atoms with van der Waals surface area (Å²) in [6, 6.07) is 7.70. The molecule has 2 N–H and O–H groups in total. The van der Waals surface area contributed by atoms with Crippen LogP contribution in [-0.2, 0) is 15.2 Å². The Hall–Kier alpha value is -2.92. The highest BCUT2D eigenvalue weighted by Crippen LogP contribution is 2.36. The van der Waals surface area contributed by atoms with Gasteiger partial charge in [-0.15, -0.1) is 16.4 Å². The molecule has 2 aromatic heterocycles. The largest absolute Gasteiger partial charge is 0.462 e. The van der Waals surface area contributed by atoms with Crippen LogP contribution in [0.15, 0.2) is 29.4 Å². The average Bonchev–Trinajstić information content (AvgIpc) is 3.31. The summed E-state index contributed by atoms with van der Waals surface area (Å²) in [6.07, 6.45) is 0. The van der Waals surface area contributed by atoms with E-state index in [1.165, 1.54) is 11.8 Å². The minimum absolute atomic E-state index is 0.187. The summed E-state index contributed by atoms with van der Waals surface area (Å²) in [7, 11) is 0. The van der Waals surface area contributed by atoms with E-state index in [1.54, 1.807) is 18.5 Å². The van der Waals surface area contributed by atoms with E-state index in [1.807, 2.05) is 31.2 Å². The summed E-state index contributed by atoms with van der Waals surface area (Å²) in [6.45, 7) is 5.79. The number of rotatable bonds is 8. The van der Waals surface area contributed by atoms with Crippen LogP contribution in [0, 0.1) is 6.92 Å². The zero-order valence-corrected chi connectivity index (χ0v) is 18.4. The van der Waals surface area contributed by atoms with Crippen LogP contribution in [0.25, 0.3) is 5.69 Å². The number of carbonyl (C=O) groups excluding carboxylic acids is 2. The Balaban J connectivity index is 1.95. The van der Waals surface area contributed by atoms with E-state index in [2.05, 4.69) is 15.5 Å². The van der Waals surface area contributed by atoms with Gasteiger partial charge in [0.2, 0.25) is 5.16 Å². The number of carbonyl (C=O) groups is 2. The predicted molar refractivity (Wildman–Crippen MR) is 114 cm³/mol. The fraction of sp³-hybridized carbons (Fsp3) is 0.316. The molecule has 0 aliphatic carbocycles. The number of ether oxygens (including phenoxy) is 2. The van der Waals surface area contributed by atoms with Gasteiger partial charge in [0.1, 0.15) is 9.88 Å². The van der Waals surface area contributed by atoms with Gasteiger partial charge in [0.05, 0.1) is 24.5 Å². The number of thioether (sulfide) groups is 1. The zero-order chi connectivity index (χ0) is 21.7. The summed E-state index contributed by atoms with van der Waals surface area (Å²) in [5.41, 5.74) is 8.54. The van der Waals surface area contributed by atoms with Crippen molar-refractivity contribution in [1.82, 2.24) is 20.2 Å². The number of hydrogen-bond donors (Lipinski definition) is 1. The summed E-state index contributed by atoms with van der Waals surface area (Å²) >= 11 is 2.30. The molecule has 0 saturated carbocycles. The van der Waals surface area contributed by atoms with E-state index in [-0.39, 0.29) is 34.4 Å². The molecule has 3 aromatic rings. The van der Waals surface area contributed by atoms with Gasteiger partial charge < -0.3 is 15.2 Å². The predicted octanol–water partition coefficient (Wildman–Crippen LogP) is 3.26. The summed E-state index contributed by atoms with van der Waals surface area (Å²) < 4.78 is 11.9. The van der Waals surface area contributed by atoms with E-state index < -0.39 is 11.9 Å². The lowest BCUT2D eigenvalue weighted by Gasteiger charge is -2.09. The van der Waals surface area contributed by atoms with Gasteiger partial charge in [0.25, 0.3) is 0 Å². The third-order valence-electron chi connectivity index (χ3n) is 4.10. The lowest BCUT2D eigenvalue weighted by atomic mass is 10.1. The van der Waals surface area contributed by atoms with E-state index in [0.29, 0.717) is 10.7 Å². The van der Waals surface area contributed by atoms with Crippen LogP contribution in [0.1, 0.15) is 45.0 Å². The molecule has 0 atom stereocenters. The molecular weight excluding hydrogens is 426 g/mol. The summed E-state index contributed by atoms with van der Waals surface area (Å²) in [4.78, 5) is 25.2. The molecular formula is C19H21N5O4S2. The topological polar surface area (TPSA) is 122 Å². The maximum absolute atomic E-state index is 12.5. The Kier molecular flexibility index (Phi) is 7.06. The van der Waals surface area contributed by atoms with Crippen molar-refractivity contribution in [3.05, 3.63) is 45.8 Å². The van der Waals surface area contributed by atoms with Crippen molar-refractivity contribution >= 4 is 40.0 Å². The van der Waals surface area contributed by atoms with Gasteiger partial charge in [-0.3, -0.25) is 0 Å². The van der Waals surface area contributed by atoms with E-state index >= 15 is 0 Å². The minimum Gasteiger partial charge on any atom is -0.462 e. The second kappa shape index (κ2) is 9.72. The first kappa shape index (κ1) is 21.8. The normalized spacial score (nSPS) is 10.8. The maximum Gasteiger partial charge on any atom is 0.348 e. The SMILES string of the molecule is CCOC(=O)c1sc(N)c(C(=O)OCC)c1CSc1nnnn1-c1ccccc1C. The second-order valence-electron chi connectivity index (χ2n) is 6.04. The van der Waals surface area contributed by atoms with Crippen molar-refractivity contribution in [3.63, 3.8) is 0 Å². The van der Waals surface area contributed by atoms with Crippen LogP contribution >= 0.6 is 23.1 Å². The fourth-order valence-corrected chi connectivity index (χ4v) is 4.74. The number of tetrazole rings is 1. The van der Waals surface area contributed by atoms with Crippen LogP contribution in [0.3, 0.4) is 0 Å². The molecule has 158 valence electrons. The van der Waals surface area contributed by atoms with Crippen molar-refractivity contribution in [1.29, 1.82) is 0 Å². The van der Waals surface area contributed by atoms with Crippen LogP contribution < -0.4 is 5.73 Å². The highest BCUT2D eigenvalue weighted by molar-refractivity contribution is 7.98. The smallest absolute Gasteiger partial charge is 0.348 e. The molecule has 0 bridgehead atoms. The van der Waals surface area contributed by atoms with Crippen molar-refractivity contribution in [3.8, 4) is 5.69 Å². The Bertz CT molecular complexity index is 1060. The second-order valence-corrected chi connectivity index (χ2v) is 8.03. The molecule has 0 radical (unpaired) electrons. The highest BCUT2D eigenvalue weighted by atomic mass is 32.2. The van der Waals surface area contributed by atoms with Gasteiger partial charge >= 0.3 is 11.9 Å². The summed E-state index contributed by atoms with van der Waals surface area (Å²) in [5, 5.41) is 12.6. The molecule has 0 amide bonds. The number of esters is 2. The first-order chi connectivity index (χ1) is 14.5. The van der Waals surface area contributed by atoms with Crippen LogP contribution in [0.5, 0.6) is 0 Å². The van der Waals surface area contributed by atoms with Crippen molar-refractivity contribution < 1.29 is 19.1 Å². The van der Waals surface area contributed by atoms with Gasteiger partial charge in [0, 0.05) is 11.3 Å². The van der Waals surface area contributed by atoms with Crippen molar-refractivity contribution in [2.45, 2.75) is 31.7 Å². The molecule has 0 saturated heterocycles. The number of benzene rings is 1. The molecule has 9 nitrogen and oxygen atoms in total. The summed E-state index contributed by atoms with van der Waals surface area (Å²) in [5.74, 6) is -0.864. The number of aryl methyl sites for hydroxylation is 1. The number of nitrogens with zero attached hydrogens (tertiary/aromatic N) is 4. The van der Waals surface area contributed by atoms with Crippen LogP contribution in [0.2, 0.25) is 0 Å². The average molecular weight is 448 g/mol. The molecule has 11 heteroatoms. The number of hydrogen-bond acceptors (Lipinski definition) is 10. The molecule has 0 fully saturated rings. The van der Waals surface area contributed by atoms with Crippen LogP contribution in [0.4, 0.5) is 5.00 Å². The minimum atomic E-state index is -0.573. The van der Waals surface area contributed by atoms with Crippen LogP contribution in [-0.4, -0.2) is 45.4 Å². The fourth-order valence-electron chi connectivity index (χ4n) is 2.77. The van der Waals surface area contributed by atoms with Gasteiger partial charge in [-0.1, -0.05) is 30.0 Å². The number of anilines is 1. The number of thiophene rings is 1. The van der Waals surface area contributed by atoms with Gasteiger partial charge in [-0.05, 0) is 42.8 Å². The molecule has 0 unspecified atom stereocenters. The van der Waals surface area contributed by atoms with Gasteiger partial charge in [0.15, 0.2) is 0 Å².